The minimum absolute atomic E-state index is 0.00981. The smallest absolute Gasteiger partial charge is 0.266 e. The molecule has 0 unspecified atom stereocenters. The molecule has 2 aromatic rings. The number of nitrogens with zero attached hydrogens (tertiary/aromatic N) is 1. The topological polar surface area (TPSA) is 37.4 Å². The molecule has 0 spiro atoms. The zero-order valence-corrected chi connectivity index (χ0v) is 16.5. The first kappa shape index (κ1) is 19.7. The maximum absolute atomic E-state index is 13.8. The number of Topliss-reactive ketones (excluding diaryl/α,β-unsaturated/α-hetero) is 1. The maximum Gasteiger partial charge on any atom is 0.266 e. The molecule has 1 saturated heterocycles. The molecule has 3 nitrogen and oxygen atoms in total. The van der Waals surface area contributed by atoms with E-state index in [1.807, 2.05) is 6.07 Å². The lowest BCUT2D eigenvalue weighted by Crippen LogP contribution is -2.30. The molecule has 1 aliphatic rings. The molecule has 0 atom stereocenters. The molecule has 1 aliphatic heterocycles. The molecule has 0 saturated carbocycles. The molecule has 7 heteroatoms. The van der Waals surface area contributed by atoms with Crippen molar-refractivity contribution in [1.82, 2.24) is 4.90 Å². The molecule has 0 radical (unpaired) electrons. The van der Waals surface area contributed by atoms with E-state index in [1.54, 1.807) is 36.4 Å². The summed E-state index contributed by atoms with van der Waals surface area (Å²) in [6.45, 7) is 0.207. The molecular formula is C20H15ClFNO2S2. The van der Waals surface area contributed by atoms with Crippen LogP contribution in [0.4, 0.5) is 4.39 Å². The van der Waals surface area contributed by atoms with Gasteiger partial charge in [0.2, 0.25) is 0 Å². The first-order valence-electron chi connectivity index (χ1n) is 8.20. The van der Waals surface area contributed by atoms with E-state index < -0.39 is 5.82 Å². The molecular weight excluding hydrogens is 405 g/mol. The van der Waals surface area contributed by atoms with Crippen molar-refractivity contribution >= 4 is 57.7 Å². The molecule has 0 bridgehead atoms. The quantitative estimate of drug-likeness (QED) is 0.494. The Morgan fingerprint density at radius 1 is 1.22 bits per heavy atom. The van der Waals surface area contributed by atoms with Gasteiger partial charge in [0.15, 0.2) is 0 Å². The van der Waals surface area contributed by atoms with Crippen LogP contribution in [0.1, 0.15) is 17.5 Å². The molecule has 0 N–H and O–H groups in total. The summed E-state index contributed by atoms with van der Waals surface area (Å²) in [5, 5.41) is 0.579. The predicted octanol–water partition coefficient (Wildman–Crippen LogP) is 4.88. The summed E-state index contributed by atoms with van der Waals surface area (Å²) < 4.78 is 14.2. The van der Waals surface area contributed by atoms with Gasteiger partial charge in [-0.05, 0) is 29.8 Å². The summed E-state index contributed by atoms with van der Waals surface area (Å²) in [7, 11) is 0. The zero-order chi connectivity index (χ0) is 19.4. The number of carbonyl (C=O) groups is 2. The summed E-state index contributed by atoms with van der Waals surface area (Å²) in [6.07, 6.45) is 1.93. The third-order valence-electron chi connectivity index (χ3n) is 3.97. The van der Waals surface area contributed by atoms with Crippen LogP contribution in [-0.4, -0.2) is 27.5 Å². The maximum atomic E-state index is 13.8. The third-order valence-corrected chi connectivity index (χ3v) is 5.58. The highest BCUT2D eigenvalue weighted by atomic mass is 35.5. The monoisotopic (exact) mass is 419 g/mol. The van der Waals surface area contributed by atoms with E-state index in [0.29, 0.717) is 19.8 Å². The lowest BCUT2D eigenvalue weighted by molar-refractivity contribution is -0.123. The largest absolute Gasteiger partial charge is 0.299 e. The van der Waals surface area contributed by atoms with Gasteiger partial charge in [-0.1, -0.05) is 65.9 Å². The van der Waals surface area contributed by atoms with Gasteiger partial charge in [-0.25, -0.2) is 4.39 Å². The van der Waals surface area contributed by atoms with Crippen molar-refractivity contribution in [2.75, 3.05) is 6.54 Å². The summed E-state index contributed by atoms with van der Waals surface area (Å²) >= 11 is 12.3. The molecule has 0 aliphatic carbocycles. The van der Waals surface area contributed by atoms with Crippen molar-refractivity contribution in [3.05, 3.63) is 75.4 Å². The second-order valence-electron chi connectivity index (χ2n) is 5.95. The second-order valence-corrected chi connectivity index (χ2v) is 8.06. The Morgan fingerprint density at radius 3 is 2.74 bits per heavy atom. The zero-order valence-electron chi connectivity index (χ0n) is 14.2. The van der Waals surface area contributed by atoms with Crippen LogP contribution in [0.3, 0.4) is 0 Å². The van der Waals surface area contributed by atoms with Crippen molar-refractivity contribution in [2.45, 2.75) is 12.8 Å². The Labute approximate surface area is 171 Å². The number of rotatable bonds is 6. The van der Waals surface area contributed by atoms with E-state index in [9.17, 15) is 14.0 Å². The molecule has 0 aromatic heterocycles. The normalized spacial score (nSPS) is 15.6. The van der Waals surface area contributed by atoms with Gasteiger partial charge in [0.05, 0.1) is 4.91 Å². The molecule has 3 rings (SSSR count). The fraction of sp³-hybridized carbons (Fsp3) is 0.150. The van der Waals surface area contributed by atoms with E-state index >= 15 is 0 Å². The van der Waals surface area contributed by atoms with Crippen molar-refractivity contribution in [2.24, 2.45) is 0 Å². The van der Waals surface area contributed by atoms with Crippen LogP contribution in [-0.2, 0) is 16.0 Å². The number of halogens is 2. The van der Waals surface area contributed by atoms with Gasteiger partial charge in [-0.3, -0.25) is 14.5 Å². The average molecular weight is 420 g/mol. The Morgan fingerprint density at radius 2 is 2.00 bits per heavy atom. The van der Waals surface area contributed by atoms with Crippen molar-refractivity contribution in [3.8, 4) is 0 Å². The molecule has 1 amide bonds. The second kappa shape index (κ2) is 8.78. The highest BCUT2D eigenvalue weighted by Gasteiger charge is 2.32. The standard InChI is InChI=1S/C20H15ClFNO2S2/c21-15-6-3-4-13(10-15)11-16(24)8-9-23-19(25)18(27-20(23)26)12-14-5-1-2-7-17(14)22/h1-7,10,12H,8-9,11H2/b18-12-. The Kier molecular flexibility index (Phi) is 6.42. The average Bonchev–Trinajstić information content (AvgIpc) is 2.88. The molecule has 1 fully saturated rings. The predicted molar refractivity (Wildman–Crippen MR) is 111 cm³/mol. The number of thioether (sulfide) groups is 1. The van der Waals surface area contributed by atoms with E-state index in [2.05, 4.69) is 0 Å². The minimum Gasteiger partial charge on any atom is -0.299 e. The fourth-order valence-corrected chi connectivity index (χ4v) is 4.14. The number of amides is 1. The molecule has 27 heavy (non-hydrogen) atoms. The first-order valence-corrected chi connectivity index (χ1v) is 9.80. The number of carbonyl (C=O) groups excluding carboxylic acids is 2. The van der Waals surface area contributed by atoms with E-state index in [4.69, 9.17) is 23.8 Å². The van der Waals surface area contributed by atoms with Crippen molar-refractivity contribution in [1.29, 1.82) is 0 Å². The van der Waals surface area contributed by atoms with Crippen molar-refractivity contribution < 1.29 is 14.0 Å². The SMILES string of the molecule is O=C(CCN1C(=O)/C(=C/c2ccccc2F)SC1=S)Cc1cccc(Cl)c1. The van der Waals surface area contributed by atoms with Crippen LogP contribution >= 0.6 is 35.6 Å². The summed E-state index contributed by atoms with van der Waals surface area (Å²) in [4.78, 5) is 26.5. The molecule has 1 heterocycles. The highest BCUT2D eigenvalue weighted by molar-refractivity contribution is 8.26. The number of hydrogen-bond acceptors (Lipinski definition) is 4. The van der Waals surface area contributed by atoms with Crippen LogP contribution in [0.2, 0.25) is 5.02 Å². The minimum atomic E-state index is -0.403. The Balaban J connectivity index is 1.62. The molecule has 2 aromatic carbocycles. The van der Waals surface area contributed by atoms with E-state index in [1.165, 1.54) is 17.0 Å². The van der Waals surface area contributed by atoms with Crippen LogP contribution in [0.15, 0.2) is 53.4 Å². The van der Waals surface area contributed by atoms with E-state index in [-0.39, 0.29) is 31.1 Å². The Hall–Kier alpha value is -2.02. The summed E-state index contributed by atoms with van der Waals surface area (Å²) in [6, 6.07) is 13.3. The van der Waals surface area contributed by atoms with Gasteiger partial charge in [0, 0.05) is 30.0 Å². The van der Waals surface area contributed by atoms with Crippen LogP contribution in [0.25, 0.3) is 6.08 Å². The number of benzene rings is 2. The Bertz CT molecular complexity index is 945. The van der Waals surface area contributed by atoms with Gasteiger partial charge >= 0.3 is 0 Å². The van der Waals surface area contributed by atoms with Crippen LogP contribution < -0.4 is 0 Å². The first-order chi connectivity index (χ1) is 12.9. The van der Waals surface area contributed by atoms with Crippen LogP contribution in [0.5, 0.6) is 0 Å². The fourth-order valence-electron chi connectivity index (χ4n) is 2.63. The number of hydrogen-bond donors (Lipinski definition) is 0. The highest BCUT2D eigenvalue weighted by Crippen LogP contribution is 2.33. The van der Waals surface area contributed by atoms with E-state index in [0.717, 1.165) is 17.3 Å². The van der Waals surface area contributed by atoms with Crippen LogP contribution in [0, 0.1) is 5.82 Å². The number of thiocarbonyl (C=S) groups is 1. The van der Waals surface area contributed by atoms with Gasteiger partial charge < -0.3 is 0 Å². The summed E-state index contributed by atoms with van der Waals surface area (Å²) in [5.41, 5.74) is 1.16. The lowest BCUT2D eigenvalue weighted by atomic mass is 10.1. The molecule has 138 valence electrons. The van der Waals surface area contributed by atoms with Gasteiger partial charge in [0.25, 0.3) is 5.91 Å². The van der Waals surface area contributed by atoms with Crippen molar-refractivity contribution in [3.63, 3.8) is 0 Å². The van der Waals surface area contributed by atoms with Gasteiger partial charge in [-0.2, -0.15) is 0 Å². The van der Waals surface area contributed by atoms with Gasteiger partial charge in [-0.15, -0.1) is 0 Å². The van der Waals surface area contributed by atoms with Gasteiger partial charge in [0.1, 0.15) is 15.9 Å². The summed E-state index contributed by atoms with van der Waals surface area (Å²) in [5.74, 6) is -0.715. The third kappa shape index (κ3) is 5.03. The lowest BCUT2D eigenvalue weighted by Gasteiger charge is -2.13. The number of ketones is 1.